The molecule has 1 aromatic rings. The van der Waals surface area contributed by atoms with Crippen molar-refractivity contribution in [1.82, 2.24) is 5.32 Å². The number of nitrogens with two attached hydrogens (primary N) is 1. The summed E-state index contributed by atoms with van der Waals surface area (Å²) >= 11 is 0. The SMILES string of the molecule is NC(=O)C1=CC=CNC1(c1ccc(F)cc1)C(F)(F)F. The average molecular weight is 286 g/mol. The van der Waals surface area contributed by atoms with E-state index in [0.29, 0.717) is 0 Å². The second-order valence-corrected chi connectivity index (χ2v) is 4.20. The van der Waals surface area contributed by atoms with Crippen LogP contribution in [0.25, 0.3) is 0 Å². The van der Waals surface area contributed by atoms with Gasteiger partial charge in [0.15, 0.2) is 5.54 Å². The second-order valence-electron chi connectivity index (χ2n) is 4.20. The molecule has 7 heteroatoms. The number of nitrogens with one attached hydrogen (secondary N) is 1. The van der Waals surface area contributed by atoms with Gasteiger partial charge in [-0.2, -0.15) is 13.2 Å². The first-order valence-electron chi connectivity index (χ1n) is 5.56. The summed E-state index contributed by atoms with van der Waals surface area (Å²) in [4.78, 5) is 11.4. The maximum Gasteiger partial charge on any atom is 0.420 e. The van der Waals surface area contributed by atoms with Crippen molar-refractivity contribution in [3.05, 3.63) is 59.6 Å². The van der Waals surface area contributed by atoms with Crippen molar-refractivity contribution in [2.75, 3.05) is 0 Å². The van der Waals surface area contributed by atoms with Crippen molar-refractivity contribution in [3.63, 3.8) is 0 Å². The summed E-state index contributed by atoms with van der Waals surface area (Å²) in [5, 5.41) is 2.14. The van der Waals surface area contributed by atoms with Gasteiger partial charge < -0.3 is 11.1 Å². The monoisotopic (exact) mass is 286 g/mol. The Morgan fingerprint density at radius 2 is 1.80 bits per heavy atom. The van der Waals surface area contributed by atoms with Gasteiger partial charge >= 0.3 is 6.18 Å². The molecule has 0 aliphatic carbocycles. The number of amides is 1. The predicted octanol–water partition coefficient (Wildman–Crippen LogP) is 2.11. The standard InChI is InChI=1S/C13H10F4N2O/c14-9-5-3-8(4-6-9)12(13(15,16)17)10(11(18)20)2-1-7-19-12/h1-7,19H,(H2,18,20). The molecule has 1 unspecified atom stereocenters. The molecule has 3 nitrogen and oxygen atoms in total. The van der Waals surface area contributed by atoms with Crippen LogP contribution in [-0.2, 0) is 10.3 Å². The average Bonchev–Trinajstić information content (AvgIpc) is 2.38. The molecular weight excluding hydrogens is 276 g/mol. The van der Waals surface area contributed by atoms with Crippen molar-refractivity contribution in [2.45, 2.75) is 11.7 Å². The summed E-state index contributed by atoms with van der Waals surface area (Å²) in [6.07, 6.45) is -1.54. The molecule has 0 radical (unpaired) electrons. The van der Waals surface area contributed by atoms with E-state index in [2.05, 4.69) is 5.32 Å². The normalized spacial score (nSPS) is 22.1. The zero-order chi connectivity index (χ0) is 15.0. The lowest BCUT2D eigenvalue weighted by Crippen LogP contribution is -2.56. The van der Waals surface area contributed by atoms with Crippen molar-refractivity contribution in [3.8, 4) is 0 Å². The molecular formula is C13H10F4N2O. The molecule has 106 valence electrons. The third-order valence-electron chi connectivity index (χ3n) is 3.03. The zero-order valence-corrected chi connectivity index (χ0v) is 10.0. The maximum atomic E-state index is 13.6. The Bertz CT molecular complexity index is 589. The van der Waals surface area contributed by atoms with E-state index in [1.807, 2.05) is 0 Å². The van der Waals surface area contributed by atoms with Gasteiger partial charge in [0, 0.05) is 0 Å². The number of carbonyl (C=O) groups is 1. The Hall–Kier alpha value is -2.31. The third-order valence-corrected chi connectivity index (χ3v) is 3.03. The molecule has 20 heavy (non-hydrogen) atoms. The minimum Gasteiger partial charge on any atom is -0.370 e. The molecule has 0 spiro atoms. The first kappa shape index (κ1) is 14.1. The third kappa shape index (κ3) is 2.04. The summed E-state index contributed by atoms with van der Waals surface area (Å²) in [5.74, 6) is -1.88. The van der Waals surface area contributed by atoms with E-state index in [0.717, 1.165) is 36.5 Å². The molecule has 1 atom stereocenters. The fourth-order valence-electron chi connectivity index (χ4n) is 2.12. The molecule has 1 aliphatic heterocycles. The molecule has 1 aliphatic rings. The second kappa shape index (κ2) is 4.66. The Balaban J connectivity index is 2.69. The lowest BCUT2D eigenvalue weighted by molar-refractivity contribution is -0.187. The number of benzene rings is 1. The summed E-state index contributed by atoms with van der Waals surface area (Å²) in [7, 11) is 0. The number of hydrogen-bond donors (Lipinski definition) is 2. The van der Waals surface area contributed by atoms with Crippen LogP contribution in [0.5, 0.6) is 0 Å². The van der Waals surface area contributed by atoms with Crippen LogP contribution in [0.15, 0.2) is 48.2 Å². The van der Waals surface area contributed by atoms with Gasteiger partial charge in [-0.05, 0) is 36.0 Å². The van der Waals surface area contributed by atoms with Crippen molar-refractivity contribution in [2.24, 2.45) is 5.73 Å². The van der Waals surface area contributed by atoms with E-state index in [1.165, 1.54) is 6.08 Å². The first-order chi connectivity index (χ1) is 9.29. The lowest BCUT2D eigenvalue weighted by atomic mass is 9.79. The van der Waals surface area contributed by atoms with Crippen LogP contribution >= 0.6 is 0 Å². The van der Waals surface area contributed by atoms with Crippen LogP contribution in [-0.4, -0.2) is 12.1 Å². The van der Waals surface area contributed by atoms with Gasteiger partial charge in [0.2, 0.25) is 5.91 Å². The van der Waals surface area contributed by atoms with Crippen LogP contribution in [0, 0.1) is 5.82 Å². The Labute approximate surface area is 111 Å². The van der Waals surface area contributed by atoms with E-state index in [9.17, 15) is 22.4 Å². The molecule has 0 fully saturated rings. The minimum atomic E-state index is -4.84. The van der Waals surface area contributed by atoms with Crippen LogP contribution in [0.2, 0.25) is 0 Å². The van der Waals surface area contributed by atoms with E-state index < -0.39 is 29.0 Å². The van der Waals surface area contributed by atoms with Crippen LogP contribution in [0.4, 0.5) is 17.6 Å². The highest BCUT2D eigenvalue weighted by Gasteiger charge is 2.60. The number of primary amides is 1. The fraction of sp³-hybridized carbons (Fsp3) is 0.154. The number of rotatable bonds is 2. The van der Waals surface area contributed by atoms with Gasteiger partial charge in [0.05, 0.1) is 5.57 Å². The Morgan fingerprint density at radius 3 is 2.30 bits per heavy atom. The number of carbonyl (C=O) groups excluding carboxylic acids is 1. The number of allylic oxidation sites excluding steroid dienone is 2. The quantitative estimate of drug-likeness (QED) is 0.818. The topological polar surface area (TPSA) is 55.1 Å². The van der Waals surface area contributed by atoms with Gasteiger partial charge in [-0.3, -0.25) is 4.79 Å². The highest BCUT2D eigenvalue weighted by Crippen LogP contribution is 2.45. The fourth-order valence-corrected chi connectivity index (χ4v) is 2.12. The Morgan fingerprint density at radius 1 is 1.20 bits per heavy atom. The van der Waals surface area contributed by atoms with E-state index in [4.69, 9.17) is 5.73 Å². The first-order valence-corrected chi connectivity index (χ1v) is 5.56. The van der Waals surface area contributed by atoms with E-state index >= 15 is 0 Å². The minimum absolute atomic E-state index is 0.319. The molecule has 3 N–H and O–H groups in total. The molecule has 0 saturated heterocycles. The molecule has 0 bridgehead atoms. The van der Waals surface area contributed by atoms with Gasteiger partial charge in [-0.15, -0.1) is 0 Å². The largest absolute Gasteiger partial charge is 0.420 e. The molecule has 0 saturated carbocycles. The van der Waals surface area contributed by atoms with Gasteiger partial charge in [0.1, 0.15) is 5.82 Å². The highest BCUT2D eigenvalue weighted by molar-refractivity contribution is 5.95. The van der Waals surface area contributed by atoms with Gasteiger partial charge in [-0.1, -0.05) is 12.1 Å². The smallest absolute Gasteiger partial charge is 0.370 e. The highest BCUT2D eigenvalue weighted by atomic mass is 19.4. The molecule has 1 heterocycles. The number of dihydropyridines is 1. The molecule has 1 aromatic carbocycles. The summed E-state index contributed by atoms with van der Waals surface area (Å²) in [6.45, 7) is 0. The van der Waals surface area contributed by atoms with Crippen LogP contribution < -0.4 is 11.1 Å². The summed E-state index contributed by atoms with van der Waals surface area (Å²) in [5.41, 5.74) is 1.30. The maximum absolute atomic E-state index is 13.6. The Kier molecular flexibility index (Phi) is 3.29. The number of hydrogen-bond acceptors (Lipinski definition) is 2. The van der Waals surface area contributed by atoms with E-state index in [-0.39, 0.29) is 5.56 Å². The van der Waals surface area contributed by atoms with Gasteiger partial charge in [0.25, 0.3) is 0 Å². The van der Waals surface area contributed by atoms with Crippen LogP contribution in [0.3, 0.4) is 0 Å². The number of alkyl halides is 3. The summed E-state index contributed by atoms with van der Waals surface area (Å²) in [6, 6.07) is 3.71. The van der Waals surface area contributed by atoms with Gasteiger partial charge in [-0.25, -0.2) is 4.39 Å². The van der Waals surface area contributed by atoms with Crippen molar-refractivity contribution < 1.29 is 22.4 Å². The predicted molar refractivity (Wildman–Crippen MR) is 63.7 cm³/mol. The van der Waals surface area contributed by atoms with Crippen LogP contribution in [0.1, 0.15) is 5.56 Å². The summed E-state index contributed by atoms with van der Waals surface area (Å²) < 4.78 is 53.6. The van der Waals surface area contributed by atoms with Crippen molar-refractivity contribution >= 4 is 5.91 Å². The number of halogens is 4. The molecule has 1 amide bonds. The lowest BCUT2D eigenvalue weighted by Gasteiger charge is -2.38. The zero-order valence-electron chi connectivity index (χ0n) is 10.0. The van der Waals surface area contributed by atoms with Crippen molar-refractivity contribution in [1.29, 1.82) is 0 Å². The molecule has 0 aromatic heterocycles. The molecule has 2 rings (SSSR count). The van der Waals surface area contributed by atoms with E-state index in [1.54, 1.807) is 0 Å².